The summed E-state index contributed by atoms with van der Waals surface area (Å²) in [6.45, 7) is 2.21. The number of esters is 1. The van der Waals surface area contributed by atoms with Crippen molar-refractivity contribution in [2.75, 3.05) is 0 Å². The number of aliphatic hydroxyl groups is 1. The Hall–Kier alpha value is -1.85. The second-order valence-corrected chi connectivity index (χ2v) is 7.91. The van der Waals surface area contributed by atoms with Crippen molar-refractivity contribution in [3.8, 4) is 5.75 Å². The number of hydrogen-bond donors (Lipinski definition) is 1. The molecule has 1 N–H and O–H groups in total. The molecule has 26 heavy (non-hydrogen) atoms. The first-order valence-corrected chi connectivity index (χ1v) is 9.67. The van der Waals surface area contributed by atoms with E-state index in [1.54, 1.807) is 6.92 Å². The Morgan fingerprint density at radius 1 is 1.15 bits per heavy atom. The van der Waals surface area contributed by atoms with Crippen molar-refractivity contribution in [2.24, 2.45) is 0 Å². The second-order valence-electron chi connectivity index (χ2n) is 6.92. The van der Waals surface area contributed by atoms with E-state index in [4.69, 9.17) is 9.47 Å². The van der Waals surface area contributed by atoms with Gasteiger partial charge in [-0.1, -0.05) is 58.4 Å². The van der Waals surface area contributed by atoms with E-state index in [-0.39, 0.29) is 23.3 Å². The van der Waals surface area contributed by atoms with E-state index in [1.165, 1.54) is 0 Å². The zero-order valence-corrected chi connectivity index (χ0v) is 16.3. The summed E-state index contributed by atoms with van der Waals surface area (Å²) >= 11 is 3.48. The number of aryl methyl sites for hydroxylation is 1. The molecule has 0 saturated carbocycles. The Morgan fingerprint density at radius 2 is 1.85 bits per heavy atom. The minimum atomic E-state index is -1.07. The molecule has 4 nitrogen and oxygen atoms in total. The molecule has 3 rings (SSSR count). The van der Waals surface area contributed by atoms with E-state index in [1.807, 2.05) is 54.6 Å². The molecule has 3 unspecified atom stereocenters. The first-order chi connectivity index (χ1) is 12.4. The van der Waals surface area contributed by atoms with Gasteiger partial charge in [-0.2, -0.15) is 0 Å². The van der Waals surface area contributed by atoms with E-state index in [0.29, 0.717) is 13.0 Å². The molecule has 1 saturated heterocycles. The van der Waals surface area contributed by atoms with Crippen molar-refractivity contribution in [1.29, 1.82) is 0 Å². The van der Waals surface area contributed by atoms with Crippen LogP contribution in [0.3, 0.4) is 0 Å². The lowest BCUT2D eigenvalue weighted by Crippen LogP contribution is -2.51. The Balaban J connectivity index is 1.52. The molecule has 2 aromatic rings. The molecule has 0 aromatic heterocycles. The number of rotatable bonds is 6. The standard InChI is InChI=1S/C21H23BrO4/c1-21(24)13-19(23)26-18(20(21)22)12-9-15-7-10-17(11-8-15)25-14-16-5-3-2-4-6-16/h2-8,10-11,18,20,24H,9,12-14H2,1H3. The maximum Gasteiger partial charge on any atom is 0.309 e. The highest BCUT2D eigenvalue weighted by atomic mass is 79.9. The third-order valence-electron chi connectivity index (χ3n) is 4.59. The summed E-state index contributed by atoms with van der Waals surface area (Å²) in [4.78, 5) is 11.4. The van der Waals surface area contributed by atoms with Gasteiger partial charge >= 0.3 is 5.97 Å². The molecule has 3 atom stereocenters. The van der Waals surface area contributed by atoms with Crippen molar-refractivity contribution in [1.82, 2.24) is 0 Å². The van der Waals surface area contributed by atoms with Crippen LogP contribution in [0.5, 0.6) is 5.75 Å². The van der Waals surface area contributed by atoms with Gasteiger partial charge in [-0.05, 0) is 43.0 Å². The first-order valence-electron chi connectivity index (χ1n) is 8.76. The van der Waals surface area contributed by atoms with Crippen LogP contribution >= 0.6 is 15.9 Å². The number of carbonyl (C=O) groups excluding carboxylic acids is 1. The number of benzene rings is 2. The van der Waals surface area contributed by atoms with E-state index in [2.05, 4.69) is 15.9 Å². The highest BCUT2D eigenvalue weighted by Crippen LogP contribution is 2.33. The summed E-state index contributed by atoms with van der Waals surface area (Å²) in [6.07, 6.45) is 1.10. The molecular formula is C21H23BrO4. The number of hydrogen-bond acceptors (Lipinski definition) is 4. The van der Waals surface area contributed by atoms with Crippen LogP contribution in [0.1, 0.15) is 30.9 Å². The number of ether oxygens (including phenoxy) is 2. The molecule has 0 aliphatic carbocycles. The zero-order chi connectivity index (χ0) is 18.6. The summed E-state index contributed by atoms with van der Waals surface area (Å²) in [6, 6.07) is 18.0. The van der Waals surface area contributed by atoms with Gasteiger partial charge in [-0.3, -0.25) is 4.79 Å². The van der Waals surface area contributed by atoms with Crippen LogP contribution < -0.4 is 4.74 Å². The molecule has 0 amide bonds. The lowest BCUT2D eigenvalue weighted by molar-refractivity contribution is -0.166. The van der Waals surface area contributed by atoms with Crippen molar-refractivity contribution >= 4 is 21.9 Å². The molecule has 138 valence electrons. The smallest absolute Gasteiger partial charge is 0.309 e. The summed E-state index contributed by atoms with van der Waals surface area (Å²) < 4.78 is 11.2. The van der Waals surface area contributed by atoms with Crippen LogP contribution in [0.2, 0.25) is 0 Å². The number of cyclic esters (lactones) is 1. The number of halogens is 1. The van der Waals surface area contributed by atoms with Crippen molar-refractivity contribution < 1.29 is 19.4 Å². The van der Waals surface area contributed by atoms with Crippen LogP contribution in [0.4, 0.5) is 0 Å². The Labute approximate surface area is 162 Å². The zero-order valence-electron chi connectivity index (χ0n) is 14.7. The lowest BCUT2D eigenvalue weighted by Gasteiger charge is -2.38. The molecular weight excluding hydrogens is 396 g/mol. The van der Waals surface area contributed by atoms with Gasteiger partial charge in [0.25, 0.3) is 0 Å². The molecule has 1 aliphatic heterocycles. The molecule has 1 heterocycles. The Morgan fingerprint density at radius 3 is 2.54 bits per heavy atom. The molecule has 1 aliphatic rings. The van der Waals surface area contributed by atoms with Crippen molar-refractivity contribution in [3.63, 3.8) is 0 Å². The molecule has 0 radical (unpaired) electrons. The van der Waals surface area contributed by atoms with Crippen molar-refractivity contribution in [2.45, 2.75) is 49.3 Å². The minimum Gasteiger partial charge on any atom is -0.489 e. The highest BCUT2D eigenvalue weighted by molar-refractivity contribution is 9.09. The Bertz CT molecular complexity index is 727. The van der Waals surface area contributed by atoms with Crippen LogP contribution in [-0.2, 0) is 22.6 Å². The SMILES string of the molecule is CC1(O)CC(=O)OC(CCc2ccc(OCc3ccccc3)cc2)C1Br. The predicted octanol–water partition coefficient (Wildman–Crippen LogP) is 4.03. The maximum atomic E-state index is 11.7. The number of carbonyl (C=O) groups is 1. The monoisotopic (exact) mass is 418 g/mol. The van der Waals surface area contributed by atoms with Crippen LogP contribution in [0, 0.1) is 0 Å². The van der Waals surface area contributed by atoms with E-state index >= 15 is 0 Å². The summed E-state index contributed by atoms with van der Waals surface area (Å²) in [7, 11) is 0. The van der Waals surface area contributed by atoms with Crippen molar-refractivity contribution in [3.05, 3.63) is 65.7 Å². The van der Waals surface area contributed by atoms with E-state index in [9.17, 15) is 9.90 Å². The fourth-order valence-electron chi connectivity index (χ4n) is 3.07. The van der Waals surface area contributed by atoms with E-state index in [0.717, 1.165) is 23.3 Å². The summed E-state index contributed by atoms with van der Waals surface area (Å²) in [5.74, 6) is 0.475. The van der Waals surface area contributed by atoms with Gasteiger partial charge in [0.05, 0.1) is 16.8 Å². The third kappa shape index (κ3) is 4.86. The number of alkyl halides is 1. The Kier molecular flexibility index (Phi) is 5.99. The second kappa shape index (κ2) is 8.23. The summed E-state index contributed by atoms with van der Waals surface area (Å²) in [5, 5.41) is 10.3. The van der Waals surface area contributed by atoms with Gasteiger partial charge in [0.15, 0.2) is 0 Å². The first kappa shape index (κ1) is 18.9. The molecule has 5 heteroatoms. The minimum absolute atomic E-state index is 0.0207. The molecule has 2 aromatic carbocycles. The molecule has 1 fully saturated rings. The van der Waals surface area contributed by atoms with Crippen LogP contribution in [-0.4, -0.2) is 27.6 Å². The van der Waals surface area contributed by atoms with Crippen LogP contribution in [0.15, 0.2) is 54.6 Å². The van der Waals surface area contributed by atoms with Gasteiger partial charge in [-0.25, -0.2) is 0 Å². The summed E-state index contributed by atoms with van der Waals surface area (Å²) in [5.41, 5.74) is 1.19. The lowest BCUT2D eigenvalue weighted by atomic mass is 9.89. The topological polar surface area (TPSA) is 55.8 Å². The average Bonchev–Trinajstić information content (AvgIpc) is 2.63. The van der Waals surface area contributed by atoms with E-state index < -0.39 is 5.60 Å². The predicted molar refractivity (Wildman–Crippen MR) is 103 cm³/mol. The molecule has 0 bridgehead atoms. The largest absolute Gasteiger partial charge is 0.489 e. The van der Waals surface area contributed by atoms with Gasteiger partial charge in [0, 0.05) is 0 Å². The average molecular weight is 419 g/mol. The molecule has 0 spiro atoms. The van der Waals surface area contributed by atoms with Gasteiger partial charge in [-0.15, -0.1) is 0 Å². The van der Waals surface area contributed by atoms with Crippen LogP contribution in [0.25, 0.3) is 0 Å². The highest BCUT2D eigenvalue weighted by Gasteiger charge is 2.44. The fourth-order valence-corrected chi connectivity index (χ4v) is 3.60. The van der Waals surface area contributed by atoms with Gasteiger partial charge in [0.2, 0.25) is 0 Å². The normalized spacial score (nSPS) is 25.6. The van der Waals surface area contributed by atoms with Gasteiger partial charge < -0.3 is 14.6 Å². The third-order valence-corrected chi connectivity index (χ3v) is 6.17. The quantitative estimate of drug-likeness (QED) is 0.568. The maximum absolute atomic E-state index is 11.7. The van der Waals surface area contributed by atoms with Gasteiger partial charge in [0.1, 0.15) is 18.5 Å². The fraction of sp³-hybridized carbons (Fsp3) is 0.381.